The highest BCUT2D eigenvalue weighted by Gasteiger charge is 2.40. The summed E-state index contributed by atoms with van der Waals surface area (Å²) in [5.41, 5.74) is 5.54. The third-order valence-electron chi connectivity index (χ3n) is 6.81. The minimum absolute atomic E-state index is 0.0113. The van der Waals surface area contributed by atoms with Crippen molar-refractivity contribution in [2.75, 3.05) is 24.1 Å². The lowest BCUT2D eigenvalue weighted by Gasteiger charge is -2.24. The molecule has 4 heterocycles. The Hall–Kier alpha value is -4.47. The number of pyridine rings is 1. The van der Waals surface area contributed by atoms with Gasteiger partial charge in [0.2, 0.25) is 11.8 Å². The van der Waals surface area contributed by atoms with Crippen LogP contribution in [0.15, 0.2) is 47.3 Å². The molecule has 0 aliphatic carbocycles. The van der Waals surface area contributed by atoms with E-state index in [1.165, 1.54) is 15.5 Å². The summed E-state index contributed by atoms with van der Waals surface area (Å²) in [5, 5.41) is 14.3. The number of anilines is 2. The summed E-state index contributed by atoms with van der Waals surface area (Å²) in [6.07, 6.45) is -4.54. The smallest absolute Gasteiger partial charge is 0.416 e. The van der Waals surface area contributed by atoms with Crippen LogP contribution < -0.4 is 16.4 Å². The van der Waals surface area contributed by atoms with Crippen molar-refractivity contribution in [3.05, 3.63) is 52.9 Å². The monoisotopic (exact) mass is 634 g/mol. The third kappa shape index (κ3) is 5.73. The van der Waals surface area contributed by atoms with Gasteiger partial charge in [-0.2, -0.15) is 13.2 Å². The van der Waals surface area contributed by atoms with E-state index in [1.54, 1.807) is 18.2 Å². The normalized spacial score (nSPS) is 17.2. The number of hydrogen-bond acceptors (Lipinski definition) is 7. The first-order chi connectivity index (χ1) is 19.4. The van der Waals surface area contributed by atoms with Crippen molar-refractivity contribution >= 4 is 67.4 Å². The van der Waals surface area contributed by atoms with Crippen LogP contribution in [0.5, 0.6) is 0 Å². The van der Waals surface area contributed by atoms with E-state index in [9.17, 15) is 27.6 Å². The Balaban J connectivity index is 1.49. The maximum atomic E-state index is 13.7. The van der Waals surface area contributed by atoms with Crippen molar-refractivity contribution in [3.63, 3.8) is 0 Å². The molecule has 0 spiro atoms. The van der Waals surface area contributed by atoms with Crippen LogP contribution in [-0.4, -0.2) is 66.6 Å². The molecule has 0 bridgehead atoms. The zero-order chi connectivity index (χ0) is 29.5. The van der Waals surface area contributed by atoms with Crippen molar-refractivity contribution in [1.29, 1.82) is 0 Å². The highest BCUT2D eigenvalue weighted by molar-refractivity contribution is 9.10. The lowest BCUT2D eigenvalue weighted by Crippen LogP contribution is -2.44. The average Bonchev–Trinajstić information content (AvgIpc) is 3.47. The Morgan fingerprint density at radius 3 is 2.66 bits per heavy atom. The number of carbonyl (C=O) groups is 3. The van der Waals surface area contributed by atoms with Crippen LogP contribution in [0.25, 0.3) is 21.9 Å². The van der Waals surface area contributed by atoms with Crippen molar-refractivity contribution in [2.24, 2.45) is 5.92 Å². The van der Waals surface area contributed by atoms with E-state index in [4.69, 9.17) is 10.8 Å². The van der Waals surface area contributed by atoms with Crippen LogP contribution in [-0.2, 0) is 22.3 Å². The maximum absolute atomic E-state index is 13.7. The molecule has 1 saturated heterocycles. The molecule has 0 saturated carbocycles. The molecule has 5 N–H and O–H groups in total. The summed E-state index contributed by atoms with van der Waals surface area (Å²) in [6, 6.07) is 7.02. The molecule has 3 aromatic heterocycles. The molecule has 3 amide bonds. The van der Waals surface area contributed by atoms with E-state index in [-0.39, 0.29) is 65.5 Å². The molecule has 214 valence electrons. The molecule has 1 aliphatic heterocycles. The summed E-state index contributed by atoms with van der Waals surface area (Å²) in [6.45, 7) is -0.299. The van der Waals surface area contributed by atoms with Crippen LogP contribution in [0.4, 0.5) is 29.6 Å². The lowest BCUT2D eigenvalue weighted by atomic mass is 10.1. The molecular formula is C25H22BrF3N8O4. The number of alkyl halides is 3. The fourth-order valence-corrected chi connectivity index (χ4v) is 5.36. The first-order valence-electron chi connectivity index (χ1n) is 12.2. The van der Waals surface area contributed by atoms with E-state index in [0.717, 1.165) is 18.5 Å². The van der Waals surface area contributed by atoms with Gasteiger partial charge in [0.05, 0.1) is 16.5 Å². The fraction of sp³-hybridized carbons (Fsp3) is 0.280. The molecule has 5 rings (SSSR count). The second-order valence-electron chi connectivity index (χ2n) is 9.46. The lowest BCUT2D eigenvalue weighted by molar-refractivity contribution is -0.137. The Bertz CT molecular complexity index is 1680. The number of amides is 3. The molecular weight excluding hydrogens is 613 g/mol. The molecule has 16 heteroatoms. The molecule has 2 atom stereocenters. The van der Waals surface area contributed by atoms with Crippen molar-refractivity contribution in [1.82, 2.24) is 29.7 Å². The molecule has 0 unspecified atom stereocenters. The number of benzene rings is 1. The van der Waals surface area contributed by atoms with Crippen molar-refractivity contribution < 1.29 is 32.7 Å². The number of carbonyl (C=O) groups excluding carboxylic acids is 2. The number of nitrogens with zero attached hydrogens (tertiary/aromatic N) is 5. The van der Waals surface area contributed by atoms with Gasteiger partial charge in [-0.1, -0.05) is 6.07 Å². The van der Waals surface area contributed by atoms with Crippen molar-refractivity contribution in [3.8, 4) is 0 Å². The SMILES string of the molecule is Nc1ncnc2c1c1cc(C(F)(F)F)ccc1n2CC(=O)N1C[C@H](CNC(=O)O)C[C@H]1C(=O)Nc1cccc(Br)n1. The standard InChI is InChI=1S/C25H22BrF3N8O4/c26-17-2-1-3-18(34-17)35-23(39)16-6-12(8-31-24(40)41)9-36(16)19(38)10-37-15-5-4-13(25(27,28)29)7-14(15)20-21(30)32-11-33-22(20)37/h1-5,7,11-12,16,31H,6,8-10H2,(H,40,41)(H2,30,32,33)(H,34,35,39)/t12-,16-/m0/s1. The first kappa shape index (κ1) is 28.1. The summed E-state index contributed by atoms with van der Waals surface area (Å²) in [5.74, 6) is -1.22. The Morgan fingerprint density at radius 1 is 1.17 bits per heavy atom. The maximum Gasteiger partial charge on any atom is 0.416 e. The number of aromatic nitrogens is 4. The van der Waals surface area contributed by atoms with Crippen LogP contribution in [0, 0.1) is 5.92 Å². The van der Waals surface area contributed by atoms with Crippen LogP contribution >= 0.6 is 15.9 Å². The first-order valence-corrected chi connectivity index (χ1v) is 13.0. The molecule has 41 heavy (non-hydrogen) atoms. The summed E-state index contributed by atoms with van der Waals surface area (Å²) >= 11 is 3.23. The molecule has 0 radical (unpaired) electrons. The van der Waals surface area contributed by atoms with Gasteiger partial charge < -0.3 is 30.9 Å². The number of fused-ring (bicyclic) bond motifs is 3. The van der Waals surface area contributed by atoms with E-state index >= 15 is 0 Å². The largest absolute Gasteiger partial charge is 0.465 e. The van der Waals surface area contributed by atoms with Crippen molar-refractivity contribution in [2.45, 2.75) is 25.2 Å². The number of carboxylic acid groups (broad SMARTS) is 1. The Kier molecular flexibility index (Phi) is 7.42. The summed E-state index contributed by atoms with van der Waals surface area (Å²) in [7, 11) is 0. The van der Waals surface area contributed by atoms with Gasteiger partial charge in [0.1, 0.15) is 40.8 Å². The number of likely N-dealkylation sites (tertiary alicyclic amines) is 1. The minimum atomic E-state index is -4.61. The van der Waals surface area contributed by atoms with Gasteiger partial charge in [0.15, 0.2) is 0 Å². The van der Waals surface area contributed by atoms with Crippen LogP contribution in [0.1, 0.15) is 12.0 Å². The predicted octanol–water partition coefficient (Wildman–Crippen LogP) is 3.47. The van der Waals surface area contributed by atoms with Crippen LogP contribution in [0.3, 0.4) is 0 Å². The van der Waals surface area contributed by atoms with E-state index < -0.39 is 35.7 Å². The molecule has 1 aromatic carbocycles. The second kappa shape index (κ2) is 10.8. The molecule has 1 aliphatic rings. The van der Waals surface area contributed by atoms with E-state index in [1.807, 2.05) is 0 Å². The number of rotatable bonds is 6. The number of nitrogens with one attached hydrogen (secondary N) is 2. The topological polar surface area (TPSA) is 168 Å². The van der Waals surface area contributed by atoms with E-state index in [0.29, 0.717) is 4.60 Å². The summed E-state index contributed by atoms with van der Waals surface area (Å²) < 4.78 is 42.3. The zero-order valence-electron chi connectivity index (χ0n) is 21.0. The van der Waals surface area contributed by atoms with Gasteiger partial charge in [-0.05, 0) is 58.6 Å². The van der Waals surface area contributed by atoms with Gasteiger partial charge in [-0.25, -0.2) is 19.7 Å². The zero-order valence-corrected chi connectivity index (χ0v) is 22.6. The number of nitrogen functional groups attached to an aromatic ring is 1. The van der Waals surface area contributed by atoms with Gasteiger partial charge in [0, 0.05) is 18.5 Å². The third-order valence-corrected chi connectivity index (χ3v) is 7.25. The molecule has 4 aromatic rings. The Labute approximate surface area is 237 Å². The molecule has 1 fully saturated rings. The van der Waals surface area contributed by atoms with Crippen LogP contribution in [0.2, 0.25) is 0 Å². The van der Waals surface area contributed by atoms with Gasteiger partial charge >= 0.3 is 12.3 Å². The highest BCUT2D eigenvalue weighted by atomic mass is 79.9. The quantitative estimate of drug-likeness (QED) is 0.234. The van der Waals surface area contributed by atoms with Gasteiger partial charge in [-0.15, -0.1) is 0 Å². The summed E-state index contributed by atoms with van der Waals surface area (Å²) in [4.78, 5) is 51.7. The van der Waals surface area contributed by atoms with Gasteiger partial charge in [-0.3, -0.25) is 9.59 Å². The Morgan fingerprint density at radius 2 is 1.95 bits per heavy atom. The number of hydrogen-bond donors (Lipinski definition) is 4. The minimum Gasteiger partial charge on any atom is -0.465 e. The second-order valence-corrected chi connectivity index (χ2v) is 10.3. The van der Waals surface area contributed by atoms with E-state index in [2.05, 4.69) is 41.5 Å². The predicted molar refractivity (Wildman–Crippen MR) is 145 cm³/mol. The highest BCUT2D eigenvalue weighted by Crippen LogP contribution is 2.37. The fourth-order valence-electron chi connectivity index (χ4n) is 5.01. The molecule has 12 nitrogen and oxygen atoms in total. The number of halogens is 4. The van der Waals surface area contributed by atoms with Gasteiger partial charge in [0.25, 0.3) is 0 Å². The number of nitrogens with two attached hydrogens (primary N) is 1. The average molecular weight is 635 g/mol.